The zero-order valence-corrected chi connectivity index (χ0v) is 13.9. The summed E-state index contributed by atoms with van der Waals surface area (Å²) >= 11 is 0. The van der Waals surface area contributed by atoms with E-state index in [1.54, 1.807) is 13.2 Å². The number of nitrogen functional groups attached to an aromatic ring is 1. The van der Waals surface area contributed by atoms with Crippen LogP contribution in [-0.4, -0.2) is 34.4 Å². The zero-order valence-electron chi connectivity index (χ0n) is 13.9. The largest absolute Gasteiger partial charge is 0.427 e. The SMILES string of the molecule is C=c1cc(N2CCC(CNBOC)CC2)c(N)c/c1=C/C=C\N. The van der Waals surface area contributed by atoms with Gasteiger partial charge in [0.1, 0.15) is 0 Å². The lowest BCUT2D eigenvalue weighted by molar-refractivity contribution is 0.384. The predicted octanol–water partition coefficient (Wildman–Crippen LogP) is -0.349. The van der Waals surface area contributed by atoms with Crippen molar-refractivity contribution in [1.82, 2.24) is 5.23 Å². The fraction of sp³-hybridized carbons (Fsp3) is 0.412. The molecule has 1 fully saturated rings. The summed E-state index contributed by atoms with van der Waals surface area (Å²) in [5.74, 6) is 0.698. The van der Waals surface area contributed by atoms with Gasteiger partial charge in [0, 0.05) is 20.2 Å². The first-order valence-electron chi connectivity index (χ1n) is 8.07. The van der Waals surface area contributed by atoms with Crippen LogP contribution in [0.5, 0.6) is 0 Å². The molecule has 1 aliphatic rings. The number of nitrogens with two attached hydrogens (primary N) is 2. The Labute approximate surface area is 139 Å². The van der Waals surface area contributed by atoms with Gasteiger partial charge in [-0.3, -0.25) is 0 Å². The molecule has 6 heteroatoms. The molecule has 1 aromatic rings. The summed E-state index contributed by atoms with van der Waals surface area (Å²) in [5, 5.41) is 5.29. The van der Waals surface area contributed by atoms with Crippen molar-refractivity contribution in [3.05, 3.63) is 34.8 Å². The van der Waals surface area contributed by atoms with Crippen molar-refractivity contribution in [3.63, 3.8) is 0 Å². The van der Waals surface area contributed by atoms with E-state index in [-0.39, 0.29) is 0 Å². The molecule has 5 N–H and O–H groups in total. The zero-order chi connectivity index (χ0) is 16.7. The Morgan fingerprint density at radius 3 is 2.83 bits per heavy atom. The fourth-order valence-corrected chi connectivity index (χ4v) is 3.00. The molecule has 0 unspecified atom stereocenters. The molecule has 1 saturated heterocycles. The van der Waals surface area contributed by atoms with Crippen molar-refractivity contribution in [2.75, 3.05) is 37.4 Å². The van der Waals surface area contributed by atoms with Crippen LogP contribution >= 0.6 is 0 Å². The van der Waals surface area contributed by atoms with Gasteiger partial charge in [-0.1, -0.05) is 12.7 Å². The number of nitrogens with zero attached hydrogens (tertiary/aromatic N) is 1. The molecular formula is C17H27BN4O. The first-order valence-corrected chi connectivity index (χ1v) is 8.07. The summed E-state index contributed by atoms with van der Waals surface area (Å²) in [6.07, 6.45) is 7.54. The molecular weight excluding hydrogens is 287 g/mol. The van der Waals surface area contributed by atoms with E-state index in [1.165, 1.54) is 6.20 Å². The number of hydrogen-bond acceptors (Lipinski definition) is 5. The number of allylic oxidation sites excluding steroid dienone is 1. The van der Waals surface area contributed by atoms with E-state index in [4.69, 9.17) is 16.1 Å². The molecule has 0 saturated carbocycles. The highest BCUT2D eigenvalue weighted by atomic mass is 16.4. The Bertz CT molecular complexity index is 639. The van der Waals surface area contributed by atoms with E-state index in [0.29, 0.717) is 13.5 Å². The first kappa shape index (κ1) is 17.4. The van der Waals surface area contributed by atoms with Crippen LogP contribution in [0, 0.1) is 5.92 Å². The van der Waals surface area contributed by atoms with Gasteiger partial charge >= 0.3 is 7.62 Å². The second-order valence-corrected chi connectivity index (χ2v) is 5.98. The van der Waals surface area contributed by atoms with Crippen molar-refractivity contribution >= 4 is 31.6 Å². The summed E-state index contributed by atoms with van der Waals surface area (Å²) in [6, 6.07) is 4.05. The third kappa shape index (κ3) is 4.78. The average Bonchev–Trinajstić information content (AvgIpc) is 2.56. The van der Waals surface area contributed by atoms with Gasteiger partial charge in [-0.15, -0.1) is 0 Å². The highest BCUT2D eigenvalue weighted by molar-refractivity contribution is 6.23. The lowest BCUT2D eigenvalue weighted by Crippen LogP contribution is -2.39. The topological polar surface area (TPSA) is 76.5 Å². The van der Waals surface area contributed by atoms with Crippen LogP contribution in [0.4, 0.5) is 11.4 Å². The number of piperidine rings is 1. The van der Waals surface area contributed by atoms with Gasteiger partial charge < -0.3 is 26.2 Å². The Balaban J connectivity index is 2.04. The number of rotatable bonds is 6. The number of hydrogen-bond donors (Lipinski definition) is 3. The summed E-state index contributed by atoms with van der Waals surface area (Å²) in [4.78, 5) is 2.36. The standard InChI is InChI=1S/C17H27BN4O/c1-13-10-17(16(20)11-15(13)4-3-7-19)22-8-5-14(6-9-22)12-21-18-23-2/h3-4,7,10-11,14,18,21H,1,5-6,8-9,12,19-20H2,2H3/b7-3-,15-4-. The fourth-order valence-electron chi connectivity index (χ4n) is 3.00. The molecule has 0 radical (unpaired) electrons. The van der Waals surface area contributed by atoms with Gasteiger partial charge in [-0.05, 0) is 60.2 Å². The minimum atomic E-state index is 0.618. The number of benzene rings is 1. The molecule has 1 aromatic carbocycles. The van der Waals surface area contributed by atoms with E-state index in [1.807, 2.05) is 12.1 Å². The van der Waals surface area contributed by atoms with Crippen LogP contribution in [0.2, 0.25) is 0 Å². The van der Waals surface area contributed by atoms with Crippen LogP contribution in [-0.2, 0) is 4.65 Å². The third-order valence-corrected chi connectivity index (χ3v) is 4.31. The summed E-state index contributed by atoms with van der Waals surface area (Å²) in [5.41, 5.74) is 13.5. The minimum absolute atomic E-state index is 0.618. The molecule has 5 nitrogen and oxygen atoms in total. The maximum absolute atomic E-state index is 6.25. The summed E-state index contributed by atoms with van der Waals surface area (Å²) in [6.45, 7) is 7.18. The number of nitrogens with one attached hydrogen (secondary N) is 1. The van der Waals surface area contributed by atoms with Gasteiger partial charge in [0.05, 0.1) is 11.4 Å². The van der Waals surface area contributed by atoms with E-state index < -0.39 is 0 Å². The smallest absolute Gasteiger partial charge is 0.360 e. The Morgan fingerprint density at radius 1 is 1.43 bits per heavy atom. The van der Waals surface area contributed by atoms with Crippen LogP contribution in [0.15, 0.2) is 24.4 Å². The lowest BCUT2D eigenvalue weighted by Gasteiger charge is -2.34. The average molecular weight is 314 g/mol. The van der Waals surface area contributed by atoms with Crippen LogP contribution in [0.1, 0.15) is 12.8 Å². The minimum Gasteiger partial charge on any atom is -0.427 e. The quantitative estimate of drug-likeness (QED) is 0.380. The Morgan fingerprint density at radius 2 is 2.17 bits per heavy atom. The lowest BCUT2D eigenvalue weighted by atomic mass is 9.95. The highest BCUT2D eigenvalue weighted by Crippen LogP contribution is 2.25. The first-order chi connectivity index (χ1) is 11.2. The van der Waals surface area contributed by atoms with Crippen LogP contribution < -0.4 is 32.0 Å². The van der Waals surface area contributed by atoms with Crippen molar-refractivity contribution in [2.45, 2.75) is 12.8 Å². The molecule has 23 heavy (non-hydrogen) atoms. The Kier molecular flexibility index (Phi) is 6.56. The maximum Gasteiger partial charge on any atom is 0.360 e. The predicted molar refractivity (Wildman–Crippen MR) is 101 cm³/mol. The van der Waals surface area contributed by atoms with E-state index >= 15 is 0 Å². The summed E-state index contributed by atoms with van der Waals surface area (Å²) < 4.78 is 5.03. The normalized spacial score (nSPS) is 17.1. The second-order valence-electron chi connectivity index (χ2n) is 5.98. The van der Waals surface area contributed by atoms with Gasteiger partial charge in [0.25, 0.3) is 0 Å². The van der Waals surface area contributed by atoms with Gasteiger partial charge in [0.2, 0.25) is 0 Å². The van der Waals surface area contributed by atoms with Crippen LogP contribution in [0.3, 0.4) is 0 Å². The Hall–Kier alpha value is -1.92. The number of anilines is 2. The molecule has 0 amide bonds. The van der Waals surface area contributed by atoms with Crippen LogP contribution in [0.25, 0.3) is 12.7 Å². The van der Waals surface area contributed by atoms with Gasteiger partial charge in [-0.25, -0.2) is 0 Å². The van der Waals surface area contributed by atoms with Crippen molar-refractivity contribution in [1.29, 1.82) is 0 Å². The third-order valence-electron chi connectivity index (χ3n) is 4.31. The van der Waals surface area contributed by atoms with E-state index in [0.717, 1.165) is 54.3 Å². The second kappa shape index (κ2) is 8.65. The molecule has 0 aromatic heterocycles. The highest BCUT2D eigenvalue weighted by Gasteiger charge is 2.20. The summed E-state index contributed by atoms with van der Waals surface area (Å²) in [7, 11) is 2.33. The molecule has 2 rings (SSSR count). The molecule has 0 atom stereocenters. The van der Waals surface area contributed by atoms with E-state index in [9.17, 15) is 0 Å². The molecule has 0 aliphatic carbocycles. The van der Waals surface area contributed by atoms with Crippen molar-refractivity contribution in [2.24, 2.45) is 11.7 Å². The monoisotopic (exact) mass is 314 g/mol. The molecule has 0 bridgehead atoms. The maximum atomic E-state index is 6.25. The molecule has 1 heterocycles. The molecule has 0 spiro atoms. The molecule has 1 aliphatic heterocycles. The van der Waals surface area contributed by atoms with Gasteiger partial charge in [-0.2, -0.15) is 0 Å². The molecule has 124 valence electrons. The van der Waals surface area contributed by atoms with Gasteiger partial charge in [0.15, 0.2) is 0 Å². The van der Waals surface area contributed by atoms with Crippen molar-refractivity contribution in [3.8, 4) is 0 Å². The van der Waals surface area contributed by atoms with E-state index in [2.05, 4.69) is 22.8 Å². The van der Waals surface area contributed by atoms with Crippen molar-refractivity contribution < 1.29 is 4.65 Å².